The van der Waals surface area contributed by atoms with Gasteiger partial charge >= 0.3 is 0 Å². The van der Waals surface area contributed by atoms with E-state index in [-0.39, 0.29) is 0 Å². The molecule has 0 nitrogen and oxygen atoms in total. The second kappa shape index (κ2) is 4.28. The monoisotopic (exact) mass is 202 g/mol. The van der Waals surface area contributed by atoms with Crippen molar-refractivity contribution in [1.29, 1.82) is 0 Å². The summed E-state index contributed by atoms with van der Waals surface area (Å²) in [5.74, 6) is 3.99. The van der Waals surface area contributed by atoms with Crippen molar-refractivity contribution < 1.29 is 0 Å². The molecular weight excluding hydrogens is 184 g/mol. The molecule has 0 amide bonds. The number of hydrogen-bond acceptors (Lipinski definition) is 2. The molecule has 2 saturated heterocycles. The van der Waals surface area contributed by atoms with Crippen molar-refractivity contribution in [2.45, 2.75) is 43.1 Å². The first-order valence-electron chi connectivity index (χ1n) is 5.13. The van der Waals surface area contributed by atoms with E-state index in [1.165, 1.54) is 37.2 Å². The average molecular weight is 202 g/mol. The van der Waals surface area contributed by atoms with Gasteiger partial charge in [0.2, 0.25) is 0 Å². The van der Waals surface area contributed by atoms with Crippen molar-refractivity contribution >= 4 is 23.5 Å². The molecular formula is C10H18S2. The van der Waals surface area contributed by atoms with E-state index in [1.54, 1.807) is 0 Å². The van der Waals surface area contributed by atoms with Crippen molar-refractivity contribution in [3.8, 4) is 0 Å². The molecule has 3 unspecified atom stereocenters. The highest BCUT2D eigenvalue weighted by Gasteiger charge is 2.32. The van der Waals surface area contributed by atoms with Gasteiger partial charge in [-0.1, -0.05) is 13.3 Å². The fourth-order valence-electron chi connectivity index (χ4n) is 1.85. The lowest BCUT2D eigenvalue weighted by Crippen LogP contribution is -2.07. The maximum absolute atomic E-state index is 2.33. The van der Waals surface area contributed by atoms with Crippen LogP contribution < -0.4 is 0 Å². The van der Waals surface area contributed by atoms with Gasteiger partial charge in [0.1, 0.15) is 0 Å². The summed E-state index contributed by atoms with van der Waals surface area (Å²) in [6, 6.07) is 0. The summed E-state index contributed by atoms with van der Waals surface area (Å²) in [6.07, 6.45) is 5.89. The van der Waals surface area contributed by atoms with Crippen LogP contribution in [0, 0.1) is 5.92 Å². The second-order valence-corrected chi connectivity index (χ2v) is 6.56. The zero-order valence-electron chi connectivity index (χ0n) is 7.79. The lowest BCUT2D eigenvalue weighted by Gasteiger charge is -2.12. The normalized spacial score (nSPS) is 34.8. The smallest absolute Gasteiger partial charge is 0.0166 e. The Morgan fingerprint density at radius 3 is 2.50 bits per heavy atom. The van der Waals surface area contributed by atoms with E-state index in [0.717, 1.165) is 16.4 Å². The predicted molar refractivity (Wildman–Crippen MR) is 60.1 cm³/mol. The van der Waals surface area contributed by atoms with Crippen LogP contribution in [0.5, 0.6) is 0 Å². The molecule has 0 aromatic heterocycles. The van der Waals surface area contributed by atoms with Gasteiger partial charge in [0.25, 0.3) is 0 Å². The minimum Gasteiger partial charge on any atom is -0.157 e. The van der Waals surface area contributed by atoms with Crippen LogP contribution in [0.15, 0.2) is 0 Å². The highest BCUT2D eigenvalue weighted by Crippen LogP contribution is 2.43. The molecule has 0 aromatic rings. The second-order valence-electron chi connectivity index (χ2n) is 3.95. The first-order chi connectivity index (χ1) is 5.90. The summed E-state index contributed by atoms with van der Waals surface area (Å²) in [6.45, 7) is 2.33. The minimum absolute atomic E-state index is 1.06. The van der Waals surface area contributed by atoms with E-state index in [2.05, 4.69) is 30.4 Å². The first kappa shape index (κ1) is 9.26. The van der Waals surface area contributed by atoms with E-state index in [4.69, 9.17) is 0 Å². The summed E-state index contributed by atoms with van der Waals surface area (Å²) < 4.78 is 0. The van der Waals surface area contributed by atoms with Gasteiger partial charge < -0.3 is 0 Å². The van der Waals surface area contributed by atoms with Gasteiger partial charge in [-0.15, -0.1) is 0 Å². The molecule has 0 aromatic carbocycles. The Bertz CT molecular complexity index is 139. The van der Waals surface area contributed by atoms with Crippen LogP contribution in [0.1, 0.15) is 32.6 Å². The Morgan fingerprint density at radius 1 is 1.25 bits per heavy atom. The molecule has 2 aliphatic rings. The van der Waals surface area contributed by atoms with Crippen molar-refractivity contribution in [1.82, 2.24) is 0 Å². The van der Waals surface area contributed by atoms with Crippen LogP contribution in [0.25, 0.3) is 0 Å². The SMILES string of the molecule is CCCC(CCC1CS1)C1CS1. The third-order valence-electron chi connectivity index (χ3n) is 2.81. The first-order valence-corrected chi connectivity index (χ1v) is 7.23. The molecule has 0 saturated carbocycles. The fourth-order valence-corrected chi connectivity index (χ4v) is 3.38. The third-order valence-corrected chi connectivity index (χ3v) is 4.95. The van der Waals surface area contributed by atoms with E-state index in [0.29, 0.717) is 0 Å². The zero-order chi connectivity index (χ0) is 8.39. The van der Waals surface area contributed by atoms with Crippen molar-refractivity contribution in [2.75, 3.05) is 11.5 Å². The number of hydrogen-bond donors (Lipinski definition) is 0. The molecule has 0 bridgehead atoms. The van der Waals surface area contributed by atoms with Crippen molar-refractivity contribution in [3.05, 3.63) is 0 Å². The van der Waals surface area contributed by atoms with E-state index in [9.17, 15) is 0 Å². The molecule has 0 aliphatic carbocycles. The van der Waals surface area contributed by atoms with Gasteiger partial charge in [0.05, 0.1) is 0 Å². The predicted octanol–water partition coefficient (Wildman–Crippen LogP) is 3.41. The lowest BCUT2D eigenvalue weighted by atomic mass is 9.95. The van der Waals surface area contributed by atoms with Crippen LogP contribution in [0.2, 0.25) is 0 Å². The maximum Gasteiger partial charge on any atom is 0.0166 e. The molecule has 2 heteroatoms. The standard InChI is InChI=1S/C10H18S2/c1-2-3-8(10-7-12-10)4-5-9-6-11-9/h8-10H,2-7H2,1H3. The van der Waals surface area contributed by atoms with Gasteiger partial charge in [0.15, 0.2) is 0 Å². The Hall–Kier alpha value is 0.700. The van der Waals surface area contributed by atoms with Crippen LogP contribution >= 0.6 is 23.5 Å². The van der Waals surface area contributed by atoms with Gasteiger partial charge in [0, 0.05) is 22.0 Å². The summed E-state index contributed by atoms with van der Waals surface area (Å²) >= 11 is 4.34. The molecule has 0 N–H and O–H groups in total. The van der Waals surface area contributed by atoms with E-state index < -0.39 is 0 Å². The van der Waals surface area contributed by atoms with E-state index in [1.807, 2.05) is 0 Å². The number of thioether (sulfide) groups is 2. The molecule has 2 fully saturated rings. The Balaban J connectivity index is 1.64. The van der Waals surface area contributed by atoms with Gasteiger partial charge in [-0.25, -0.2) is 0 Å². The highest BCUT2D eigenvalue weighted by atomic mass is 32.2. The quantitative estimate of drug-likeness (QED) is 0.605. The molecule has 2 rings (SSSR count). The van der Waals surface area contributed by atoms with Gasteiger partial charge in [-0.3, -0.25) is 0 Å². The molecule has 3 atom stereocenters. The lowest BCUT2D eigenvalue weighted by molar-refractivity contribution is 0.450. The summed E-state index contributed by atoms with van der Waals surface area (Å²) in [4.78, 5) is 0. The zero-order valence-corrected chi connectivity index (χ0v) is 9.42. The third kappa shape index (κ3) is 2.88. The molecule has 0 radical (unpaired) electrons. The summed E-state index contributed by atoms with van der Waals surface area (Å²) in [7, 11) is 0. The van der Waals surface area contributed by atoms with Gasteiger partial charge in [-0.05, 0) is 25.2 Å². The minimum atomic E-state index is 1.06. The average Bonchev–Trinajstić information content (AvgIpc) is 2.86. The van der Waals surface area contributed by atoms with Crippen LogP contribution in [-0.4, -0.2) is 22.0 Å². The summed E-state index contributed by atoms with van der Waals surface area (Å²) in [5.41, 5.74) is 0. The molecule has 2 aliphatic heterocycles. The van der Waals surface area contributed by atoms with Crippen LogP contribution in [0.4, 0.5) is 0 Å². The van der Waals surface area contributed by atoms with Crippen molar-refractivity contribution in [2.24, 2.45) is 5.92 Å². The Labute approximate surface area is 84.3 Å². The topological polar surface area (TPSA) is 0 Å². The Kier molecular flexibility index (Phi) is 3.30. The molecule has 0 spiro atoms. The van der Waals surface area contributed by atoms with E-state index >= 15 is 0 Å². The highest BCUT2D eigenvalue weighted by molar-refractivity contribution is 8.07. The van der Waals surface area contributed by atoms with Crippen molar-refractivity contribution in [3.63, 3.8) is 0 Å². The maximum atomic E-state index is 2.33. The van der Waals surface area contributed by atoms with Crippen LogP contribution in [-0.2, 0) is 0 Å². The Morgan fingerprint density at radius 2 is 2.00 bits per heavy atom. The van der Waals surface area contributed by atoms with Gasteiger partial charge in [-0.2, -0.15) is 23.5 Å². The van der Waals surface area contributed by atoms with Crippen LogP contribution in [0.3, 0.4) is 0 Å². The largest absolute Gasteiger partial charge is 0.157 e. The fraction of sp³-hybridized carbons (Fsp3) is 1.00. The molecule has 12 heavy (non-hydrogen) atoms. The molecule has 2 heterocycles. The number of rotatable bonds is 6. The summed E-state index contributed by atoms with van der Waals surface area (Å²) in [5, 5.41) is 2.13. The molecule has 70 valence electrons.